The van der Waals surface area contributed by atoms with Crippen LogP contribution in [0.4, 0.5) is 0 Å². The average Bonchev–Trinajstić information content (AvgIpc) is 1.20. The Kier molecular flexibility index (Phi) is 1.82. The molecule has 8 heavy (non-hydrogen) atoms. The Morgan fingerprint density at radius 2 is 1.50 bits per heavy atom. The highest BCUT2D eigenvalue weighted by molar-refractivity contribution is 8.52. The van der Waals surface area contributed by atoms with Crippen LogP contribution in [-0.2, 0) is 0 Å². The van der Waals surface area contributed by atoms with Gasteiger partial charge in [-0.15, -0.1) is 48.8 Å². The van der Waals surface area contributed by atoms with Crippen LogP contribution < -0.4 is 0 Å². The van der Waals surface area contributed by atoms with E-state index in [9.17, 15) is 0 Å². The molecule has 0 bridgehead atoms. The molecule has 0 radical (unpaired) electrons. The zero-order valence-corrected chi connectivity index (χ0v) is 8.13. The fraction of sp³-hybridized carbons (Fsp3) is 1.00. The third-order valence-electron chi connectivity index (χ3n) is 0.757. The maximum absolute atomic E-state index is 4.24. The Morgan fingerprint density at radius 1 is 1.12 bits per heavy atom. The van der Waals surface area contributed by atoms with Crippen LogP contribution in [0.3, 0.4) is 0 Å². The molecule has 0 aliphatic carbocycles. The number of hydrogen-bond donors (Lipinski definition) is 2. The Balaban J connectivity index is 2.42. The summed E-state index contributed by atoms with van der Waals surface area (Å²) in [6, 6.07) is 0. The number of thioether (sulfide) groups is 2. The lowest BCUT2D eigenvalue weighted by Gasteiger charge is -2.45. The Bertz CT molecular complexity index is 84.6. The van der Waals surface area contributed by atoms with Gasteiger partial charge in [0.2, 0.25) is 0 Å². The van der Waals surface area contributed by atoms with Gasteiger partial charge in [0.15, 0.2) is 2.74 Å². The van der Waals surface area contributed by atoms with E-state index >= 15 is 0 Å². The first-order valence-corrected chi connectivity index (χ1v) is 4.79. The predicted octanol–water partition coefficient (Wildman–Crippen LogP) is 2.67. The fourth-order valence-electron chi connectivity index (χ4n) is 0.648. The van der Waals surface area contributed by atoms with E-state index in [-0.39, 0.29) is 2.74 Å². The number of thiol groups is 2. The normalized spacial score (nSPS) is 31.5. The molecule has 0 saturated carbocycles. The maximum atomic E-state index is 4.24. The zero-order valence-electron chi connectivity index (χ0n) is 4.71. The van der Waals surface area contributed by atoms with Gasteiger partial charge in [0, 0.05) is 0 Å². The van der Waals surface area contributed by atoms with Crippen molar-refractivity contribution in [2.45, 2.75) is 20.7 Å². The topological polar surface area (TPSA) is 0 Å². The molecule has 1 aliphatic heterocycles. The predicted molar refractivity (Wildman–Crippen MR) is 50.0 cm³/mol. The zero-order chi connectivity index (χ0) is 6.41. The van der Waals surface area contributed by atoms with E-state index < -0.39 is 0 Å². The average molecular weight is 184 g/mol. The quantitative estimate of drug-likeness (QED) is 0.439. The van der Waals surface area contributed by atoms with Crippen LogP contribution in [-0.4, -0.2) is 6.82 Å². The van der Waals surface area contributed by atoms with Gasteiger partial charge in [-0.2, -0.15) is 0 Å². The highest BCUT2D eigenvalue weighted by Crippen LogP contribution is 2.67. The van der Waals surface area contributed by atoms with Crippen LogP contribution in [0.15, 0.2) is 0 Å². The van der Waals surface area contributed by atoms with Crippen LogP contribution >= 0.6 is 48.8 Å². The van der Waals surface area contributed by atoms with Crippen molar-refractivity contribution < 1.29 is 0 Å². The van der Waals surface area contributed by atoms with Crippen molar-refractivity contribution in [1.29, 1.82) is 0 Å². The third-order valence-corrected chi connectivity index (χ3v) is 4.37. The van der Waals surface area contributed by atoms with Crippen molar-refractivity contribution in [3.63, 3.8) is 0 Å². The molecule has 0 spiro atoms. The van der Waals surface area contributed by atoms with Crippen LogP contribution in [0.5, 0.6) is 0 Å². The van der Waals surface area contributed by atoms with Gasteiger partial charge >= 0.3 is 0 Å². The third kappa shape index (κ3) is 1.69. The van der Waals surface area contributed by atoms with Crippen molar-refractivity contribution in [1.82, 2.24) is 0 Å². The summed E-state index contributed by atoms with van der Waals surface area (Å²) >= 11 is 12.0. The fourth-order valence-corrected chi connectivity index (χ4v) is 7.17. The highest BCUT2D eigenvalue weighted by atomic mass is 32.3. The molecule has 0 unspecified atom stereocenters. The minimum atomic E-state index is -0.122. The van der Waals surface area contributed by atoms with Crippen molar-refractivity contribution in [2.75, 3.05) is 0 Å². The standard InChI is InChI=1S/C4H8S4/c1-3(2)7-4(5,6)8-3/h5-6H,1-2H3. The molecule has 0 aromatic rings. The molecule has 0 aromatic heterocycles. The van der Waals surface area contributed by atoms with E-state index in [2.05, 4.69) is 39.1 Å². The van der Waals surface area contributed by atoms with E-state index in [1.165, 1.54) is 0 Å². The van der Waals surface area contributed by atoms with Crippen LogP contribution in [0.1, 0.15) is 13.8 Å². The molecule has 0 atom stereocenters. The summed E-state index contributed by atoms with van der Waals surface area (Å²) in [4.78, 5) is 0. The SMILES string of the molecule is CC1(C)SC(S)(S)S1. The number of hydrogen-bond acceptors (Lipinski definition) is 4. The second-order valence-electron chi connectivity index (χ2n) is 2.15. The monoisotopic (exact) mass is 184 g/mol. The second kappa shape index (κ2) is 1.94. The molecule has 1 aliphatic rings. The van der Waals surface area contributed by atoms with Crippen LogP contribution in [0, 0.1) is 0 Å². The van der Waals surface area contributed by atoms with Gasteiger partial charge < -0.3 is 0 Å². The molecule has 4 heteroatoms. The largest absolute Gasteiger partial charge is 0.150 e. The molecule has 0 aromatic carbocycles. The van der Waals surface area contributed by atoms with Crippen molar-refractivity contribution in [3.8, 4) is 0 Å². The van der Waals surface area contributed by atoms with Gasteiger partial charge in [0.05, 0.1) is 4.08 Å². The maximum Gasteiger partial charge on any atom is 0.150 e. The first kappa shape index (κ1) is 7.51. The molecule has 0 nitrogen and oxygen atoms in total. The molecular formula is C4H8S4. The Morgan fingerprint density at radius 3 is 1.50 bits per heavy atom. The van der Waals surface area contributed by atoms with E-state index in [1.54, 1.807) is 23.5 Å². The molecule has 1 saturated heterocycles. The van der Waals surface area contributed by atoms with Crippen molar-refractivity contribution >= 4 is 48.8 Å². The Labute approximate surface area is 69.4 Å². The molecule has 0 N–H and O–H groups in total. The minimum absolute atomic E-state index is 0.122. The molecule has 0 amide bonds. The smallest absolute Gasteiger partial charge is 0.140 e. The minimum Gasteiger partial charge on any atom is -0.140 e. The van der Waals surface area contributed by atoms with Crippen LogP contribution in [0.25, 0.3) is 0 Å². The number of rotatable bonds is 0. The van der Waals surface area contributed by atoms with Crippen LogP contribution in [0.2, 0.25) is 0 Å². The first-order chi connectivity index (χ1) is 3.41. The second-order valence-corrected chi connectivity index (χ2v) is 9.25. The summed E-state index contributed by atoms with van der Waals surface area (Å²) in [5, 5.41) is 0. The van der Waals surface area contributed by atoms with E-state index in [1.807, 2.05) is 0 Å². The van der Waals surface area contributed by atoms with E-state index in [0.717, 1.165) is 0 Å². The van der Waals surface area contributed by atoms with Crippen molar-refractivity contribution in [3.05, 3.63) is 0 Å². The van der Waals surface area contributed by atoms with Gasteiger partial charge in [-0.3, -0.25) is 0 Å². The molecule has 1 fully saturated rings. The lowest BCUT2D eigenvalue weighted by atomic mass is 10.5. The summed E-state index contributed by atoms with van der Waals surface area (Å²) < 4.78 is 0.215. The lowest BCUT2D eigenvalue weighted by Crippen LogP contribution is -2.31. The van der Waals surface area contributed by atoms with E-state index in [0.29, 0.717) is 4.08 Å². The summed E-state index contributed by atoms with van der Waals surface area (Å²) in [6.07, 6.45) is 0. The molecule has 48 valence electrons. The molecular weight excluding hydrogens is 176 g/mol. The van der Waals surface area contributed by atoms with Gasteiger partial charge in [-0.25, -0.2) is 0 Å². The molecule has 1 heterocycles. The van der Waals surface area contributed by atoms with E-state index in [4.69, 9.17) is 0 Å². The molecule has 1 rings (SSSR count). The van der Waals surface area contributed by atoms with Gasteiger partial charge in [-0.05, 0) is 13.8 Å². The van der Waals surface area contributed by atoms with Gasteiger partial charge in [0.1, 0.15) is 0 Å². The summed E-state index contributed by atoms with van der Waals surface area (Å²) in [5.41, 5.74) is 0. The Hall–Kier alpha value is 1.40. The highest BCUT2D eigenvalue weighted by Gasteiger charge is 2.46. The van der Waals surface area contributed by atoms with Gasteiger partial charge in [-0.1, -0.05) is 0 Å². The summed E-state index contributed by atoms with van der Waals surface area (Å²) in [5.74, 6) is 0. The first-order valence-electron chi connectivity index (χ1n) is 2.26. The lowest BCUT2D eigenvalue weighted by molar-refractivity contribution is 1.01. The summed E-state index contributed by atoms with van der Waals surface area (Å²) in [7, 11) is 0. The summed E-state index contributed by atoms with van der Waals surface area (Å²) in [6.45, 7) is 4.35. The van der Waals surface area contributed by atoms with Crippen molar-refractivity contribution in [2.24, 2.45) is 0 Å². The van der Waals surface area contributed by atoms with Gasteiger partial charge in [0.25, 0.3) is 0 Å².